The van der Waals surface area contributed by atoms with Gasteiger partial charge in [-0.1, -0.05) is 12.8 Å². The Bertz CT molecular complexity index is 1890. The third-order valence-electron chi connectivity index (χ3n) is 8.58. The highest BCUT2D eigenvalue weighted by Crippen LogP contribution is 2.61. The number of hydrogen-bond donors (Lipinski definition) is 10. The van der Waals surface area contributed by atoms with Crippen LogP contribution in [-0.4, -0.2) is 131 Å². The van der Waals surface area contributed by atoms with E-state index in [1.54, 1.807) is 0 Å². The number of carbonyl (C=O) groups excluding carboxylic acids is 2. The molecule has 3 aromatic heterocycles. The number of aliphatic hydroxyl groups excluding tert-OH is 4. The molecule has 1 unspecified atom stereocenters. The van der Waals surface area contributed by atoms with Crippen molar-refractivity contribution in [3.05, 3.63) is 42.7 Å². The van der Waals surface area contributed by atoms with Crippen LogP contribution in [0.1, 0.15) is 48.5 Å². The van der Waals surface area contributed by atoms with Gasteiger partial charge in [0.15, 0.2) is 41.7 Å². The molecule has 9 atom stereocenters. The molecule has 2 saturated heterocycles. The topological polar surface area (TPSA) is 359 Å². The molecule has 55 heavy (non-hydrogen) atoms. The van der Waals surface area contributed by atoms with Crippen molar-refractivity contribution in [2.45, 2.75) is 74.8 Å². The summed E-state index contributed by atoms with van der Waals surface area (Å²) in [6, 6.07) is 2.83. The number of aromatic nitrogens is 5. The van der Waals surface area contributed by atoms with Crippen molar-refractivity contribution >= 4 is 44.4 Å². The van der Waals surface area contributed by atoms with Gasteiger partial charge >= 0.3 is 15.6 Å². The number of carbonyl (C=O) groups is 2. The van der Waals surface area contributed by atoms with Gasteiger partial charge in [0, 0.05) is 12.6 Å². The van der Waals surface area contributed by atoms with Gasteiger partial charge in [-0.05, 0) is 25.5 Å². The second-order valence-electron chi connectivity index (χ2n) is 12.6. The quantitative estimate of drug-likeness (QED) is 0.0318. The SMILES string of the molecule is NCCCCCCNC(=O)CNc1ncnc2c1ncn2[C@@H]1O[C@H](COP(=O)(OC[C@H]2O[C@@H]([n+]3cccc(C(N)=O)c3)[C@H](O)[C@@H]2O)OP(=O)(O)O)[C@@H](O)[C@H]1O. The number of rotatable bonds is 20. The molecule has 0 bridgehead atoms. The van der Waals surface area contributed by atoms with Crippen molar-refractivity contribution in [3.8, 4) is 0 Å². The molecule has 3 aromatic rings. The Hall–Kier alpha value is -3.58. The zero-order valence-corrected chi connectivity index (χ0v) is 30.9. The fourth-order valence-electron chi connectivity index (χ4n) is 5.80. The summed E-state index contributed by atoms with van der Waals surface area (Å²) in [4.78, 5) is 55.3. The van der Waals surface area contributed by atoms with Gasteiger partial charge in [0.2, 0.25) is 5.91 Å². The third-order valence-corrected chi connectivity index (χ3v) is 11.2. The molecule has 24 nitrogen and oxygen atoms in total. The molecule has 12 N–H and O–H groups in total. The minimum Gasteiger partial charge on any atom is -0.387 e. The summed E-state index contributed by atoms with van der Waals surface area (Å²) in [5.74, 6) is -0.872. The maximum Gasteiger partial charge on any atom is 0.483 e. The summed E-state index contributed by atoms with van der Waals surface area (Å²) in [6.45, 7) is -0.838. The van der Waals surface area contributed by atoms with Crippen molar-refractivity contribution in [2.24, 2.45) is 11.5 Å². The lowest BCUT2D eigenvalue weighted by molar-refractivity contribution is -0.765. The summed E-state index contributed by atoms with van der Waals surface area (Å²) in [5, 5.41) is 48.5. The van der Waals surface area contributed by atoms with E-state index in [2.05, 4.69) is 29.9 Å². The number of unbranched alkanes of at least 4 members (excludes halogenated alkanes) is 3. The van der Waals surface area contributed by atoms with Gasteiger partial charge in [0.25, 0.3) is 12.1 Å². The Morgan fingerprint density at radius 2 is 1.64 bits per heavy atom. The molecule has 2 aliphatic heterocycles. The number of nitrogens with one attached hydrogen (secondary N) is 2. The number of amides is 2. The Morgan fingerprint density at radius 3 is 2.33 bits per heavy atom. The minimum atomic E-state index is -5.57. The van der Waals surface area contributed by atoms with Crippen LogP contribution in [0, 0.1) is 0 Å². The number of primary amides is 1. The summed E-state index contributed by atoms with van der Waals surface area (Å²) >= 11 is 0. The molecule has 0 saturated carbocycles. The number of aliphatic hydroxyl groups is 4. The summed E-state index contributed by atoms with van der Waals surface area (Å²) in [7, 11) is -10.8. The predicted octanol–water partition coefficient (Wildman–Crippen LogP) is -2.55. The Morgan fingerprint density at radius 1 is 0.945 bits per heavy atom. The first kappa shape index (κ1) is 42.6. The number of imidazole rings is 1. The third kappa shape index (κ3) is 10.8. The Balaban J connectivity index is 1.20. The summed E-state index contributed by atoms with van der Waals surface area (Å²) in [6.07, 6.45) is -3.64. The van der Waals surface area contributed by atoms with E-state index in [9.17, 15) is 48.9 Å². The highest BCUT2D eigenvalue weighted by Gasteiger charge is 2.51. The molecule has 304 valence electrons. The lowest BCUT2D eigenvalue weighted by Crippen LogP contribution is -2.46. The molecule has 2 aliphatic rings. The van der Waals surface area contributed by atoms with E-state index >= 15 is 0 Å². The largest absolute Gasteiger partial charge is 0.483 e. The molecular formula is C29H44N9O15P2+. The Labute approximate surface area is 312 Å². The number of fused-ring (bicyclic) bond motifs is 1. The second kappa shape index (κ2) is 18.6. The number of nitrogens with zero attached hydrogens (tertiary/aromatic N) is 5. The highest BCUT2D eigenvalue weighted by molar-refractivity contribution is 7.61. The first-order valence-corrected chi connectivity index (χ1v) is 20.0. The standard InChI is InChI=1S/C29H43N9O15P2/c30-7-3-1-2-4-8-32-19(39)10-33-26-20-27(35-14-34-26)38(15-36-20)29-24(43)22(41)18(52-29)13-50-55(48,53-54(45,46)47)49-12-17-21(40)23(42)28(51-17)37-9-5-6-16(11-37)25(31)44/h5-6,9,11,14-15,17-18,21-24,28-29,40-43H,1-4,7-8,10,12-13,30H2,(H5-,31,32,33,34,35,39,44,45,46,47)/p+1/t17-,18-,21-,22-,23-,24-,28-,29-,55?/m1/s1. The molecule has 2 fully saturated rings. The van der Waals surface area contributed by atoms with E-state index in [0.717, 1.165) is 25.7 Å². The molecule has 0 spiro atoms. The van der Waals surface area contributed by atoms with Crippen LogP contribution in [0.4, 0.5) is 5.82 Å². The zero-order chi connectivity index (χ0) is 39.9. The van der Waals surface area contributed by atoms with Crippen LogP contribution in [0.5, 0.6) is 0 Å². The molecule has 5 heterocycles. The van der Waals surface area contributed by atoms with E-state index in [-0.39, 0.29) is 35.0 Å². The van der Waals surface area contributed by atoms with Crippen LogP contribution in [0.2, 0.25) is 0 Å². The predicted molar refractivity (Wildman–Crippen MR) is 184 cm³/mol. The van der Waals surface area contributed by atoms with E-state index in [4.69, 9.17) is 30.0 Å². The van der Waals surface area contributed by atoms with Crippen LogP contribution in [-0.2, 0) is 36.8 Å². The number of phosphoric acid groups is 2. The number of ether oxygens (including phenoxy) is 2. The van der Waals surface area contributed by atoms with Gasteiger partial charge in [-0.15, -0.1) is 0 Å². The fourth-order valence-corrected chi connectivity index (χ4v) is 7.95. The van der Waals surface area contributed by atoms with Gasteiger partial charge in [-0.3, -0.25) is 23.2 Å². The van der Waals surface area contributed by atoms with Crippen molar-refractivity contribution in [1.82, 2.24) is 24.8 Å². The smallest absolute Gasteiger partial charge is 0.387 e. The zero-order valence-electron chi connectivity index (χ0n) is 29.1. The lowest BCUT2D eigenvalue weighted by Gasteiger charge is -2.22. The van der Waals surface area contributed by atoms with E-state index in [1.807, 2.05) is 0 Å². The number of nitrogens with two attached hydrogens (primary N) is 2. The highest BCUT2D eigenvalue weighted by atomic mass is 31.3. The minimum absolute atomic E-state index is 0.0533. The van der Waals surface area contributed by atoms with Gasteiger partial charge < -0.3 is 61.8 Å². The van der Waals surface area contributed by atoms with Crippen LogP contribution in [0.25, 0.3) is 11.2 Å². The number of phosphoric ester groups is 1. The van der Waals surface area contributed by atoms with E-state index in [0.29, 0.717) is 13.1 Å². The summed E-state index contributed by atoms with van der Waals surface area (Å²) in [5.41, 5.74) is 11.2. The normalized spacial score (nSPS) is 26.6. The number of anilines is 1. The van der Waals surface area contributed by atoms with Crippen LogP contribution in [0.15, 0.2) is 37.2 Å². The molecular weight excluding hydrogens is 776 g/mol. The molecule has 26 heteroatoms. The first-order chi connectivity index (χ1) is 26.1. The number of hydrogen-bond acceptors (Lipinski definition) is 18. The van der Waals surface area contributed by atoms with Crippen molar-refractivity contribution < 1.29 is 76.3 Å². The van der Waals surface area contributed by atoms with Crippen LogP contribution in [0.3, 0.4) is 0 Å². The van der Waals surface area contributed by atoms with Crippen molar-refractivity contribution in [2.75, 3.05) is 38.2 Å². The van der Waals surface area contributed by atoms with E-state index in [1.165, 1.54) is 46.3 Å². The monoisotopic (exact) mass is 820 g/mol. The molecule has 0 radical (unpaired) electrons. The average Bonchev–Trinajstić information content (AvgIpc) is 3.79. The summed E-state index contributed by atoms with van der Waals surface area (Å²) < 4.78 is 53.6. The van der Waals surface area contributed by atoms with Gasteiger partial charge in [0.1, 0.15) is 42.4 Å². The maximum atomic E-state index is 13.4. The molecule has 5 rings (SSSR count). The number of pyridine rings is 1. The molecule has 2 amide bonds. The lowest BCUT2D eigenvalue weighted by atomic mass is 10.1. The van der Waals surface area contributed by atoms with E-state index < -0.39 is 83.8 Å². The van der Waals surface area contributed by atoms with Gasteiger partial charge in [-0.25, -0.2) is 24.1 Å². The van der Waals surface area contributed by atoms with Gasteiger partial charge in [0.05, 0.1) is 26.1 Å². The van der Waals surface area contributed by atoms with Crippen molar-refractivity contribution in [3.63, 3.8) is 0 Å². The van der Waals surface area contributed by atoms with Crippen molar-refractivity contribution in [1.29, 1.82) is 0 Å². The second-order valence-corrected chi connectivity index (χ2v) is 15.6. The van der Waals surface area contributed by atoms with Crippen LogP contribution >= 0.6 is 15.6 Å². The molecule has 0 aromatic carbocycles. The molecule has 0 aliphatic carbocycles. The fraction of sp³-hybridized carbons (Fsp3) is 0.586. The maximum absolute atomic E-state index is 13.4. The van der Waals surface area contributed by atoms with Crippen LogP contribution < -0.4 is 26.7 Å². The average molecular weight is 821 g/mol. The van der Waals surface area contributed by atoms with Gasteiger partial charge in [-0.2, -0.15) is 8.88 Å². The Kier molecular flexibility index (Phi) is 14.4. The first-order valence-electron chi connectivity index (χ1n) is 17.0.